The second-order valence-corrected chi connectivity index (χ2v) is 5.25. The summed E-state index contributed by atoms with van der Waals surface area (Å²) in [6.45, 7) is 4.22. The van der Waals surface area contributed by atoms with E-state index in [1.54, 1.807) is 7.11 Å². The van der Waals surface area contributed by atoms with E-state index in [1.165, 1.54) is 16.5 Å². The van der Waals surface area contributed by atoms with Gasteiger partial charge in [-0.05, 0) is 56.0 Å². The van der Waals surface area contributed by atoms with Gasteiger partial charge in [0.15, 0.2) is 0 Å². The number of hydrogen-bond donors (Lipinski definition) is 0. The first-order valence-electron chi connectivity index (χ1n) is 7.02. The third-order valence-corrected chi connectivity index (χ3v) is 3.90. The Morgan fingerprint density at radius 3 is 2.70 bits per heavy atom. The van der Waals surface area contributed by atoms with Gasteiger partial charge in [-0.25, -0.2) is 4.98 Å². The van der Waals surface area contributed by atoms with Gasteiger partial charge in [0, 0.05) is 10.9 Å². The van der Waals surface area contributed by atoms with Crippen LogP contribution in [0.1, 0.15) is 29.7 Å². The first kappa shape index (κ1) is 12.9. The molecule has 1 aliphatic carbocycles. The molecule has 1 aromatic carbocycles. The average molecular weight is 265 g/mol. The molecule has 0 bridgehead atoms. The lowest BCUT2D eigenvalue weighted by Gasteiger charge is -2.13. The molecular formula is C18H19NO. The van der Waals surface area contributed by atoms with Crippen molar-refractivity contribution in [3.8, 4) is 5.75 Å². The molecule has 0 saturated heterocycles. The maximum absolute atomic E-state index is 5.41. The van der Waals surface area contributed by atoms with Crippen molar-refractivity contribution in [2.24, 2.45) is 0 Å². The van der Waals surface area contributed by atoms with Crippen LogP contribution in [0.3, 0.4) is 0 Å². The van der Waals surface area contributed by atoms with E-state index in [9.17, 15) is 0 Å². The van der Waals surface area contributed by atoms with Gasteiger partial charge >= 0.3 is 0 Å². The van der Waals surface area contributed by atoms with Gasteiger partial charge in [0.05, 0.1) is 18.3 Å². The fourth-order valence-electron chi connectivity index (χ4n) is 2.75. The third kappa shape index (κ3) is 2.11. The van der Waals surface area contributed by atoms with Crippen molar-refractivity contribution in [1.29, 1.82) is 0 Å². The van der Waals surface area contributed by atoms with Gasteiger partial charge in [-0.3, -0.25) is 0 Å². The SMILES string of the molecule is COc1ccc2c(C)cc(C3=CCCC=C3)nc2c1C. The number of pyridine rings is 1. The molecule has 0 aliphatic heterocycles. The molecule has 0 fully saturated rings. The molecule has 0 radical (unpaired) electrons. The van der Waals surface area contributed by atoms with Crippen LogP contribution in [0.2, 0.25) is 0 Å². The summed E-state index contributed by atoms with van der Waals surface area (Å²) < 4.78 is 5.41. The number of aromatic nitrogens is 1. The normalized spacial score (nSPS) is 14.4. The largest absolute Gasteiger partial charge is 0.496 e. The summed E-state index contributed by atoms with van der Waals surface area (Å²) >= 11 is 0. The smallest absolute Gasteiger partial charge is 0.123 e. The topological polar surface area (TPSA) is 22.1 Å². The number of nitrogens with zero attached hydrogens (tertiary/aromatic N) is 1. The molecule has 2 nitrogen and oxygen atoms in total. The van der Waals surface area contributed by atoms with Crippen LogP contribution < -0.4 is 4.74 Å². The van der Waals surface area contributed by atoms with Crippen LogP contribution in [0.5, 0.6) is 5.75 Å². The summed E-state index contributed by atoms with van der Waals surface area (Å²) in [7, 11) is 1.71. The Hall–Kier alpha value is -2.09. The van der Waals surface area contributed by atoms with Gasteiger partial charge in [-0.2, -0.15) is 0 Å². The quantitative estimate of drug-likeness (QED) is 0.792. The minimum atomic E-state index is 0.898. The molecule has 2 aromatic rings. The molecule has 0 amide bonds. The van der Waals surface area contributed by atoms with E-state index < -0.39 is 0 Å². The number of aryl methyl sites for hydroxylation is 2. The van der Waals surface area contributed by atoms with E-state index in [1.807, 2.05) is 6.07 Å². The lowest BCUT2D eigenvalue weighted by atomic mass is 9.99. The van der Waals surface area contributed by atoms with E-state index in [0.29, 0.717) is 0 Å². The van der Waals surface area contributed by atoms with Crippen molar-refractivity contribution in [2.75, 3.05) is 7.11 Å². The van der Waals surface area contributed by atoms with Gasteiger partial charge in [-0.1, -0.05) is 18.2 Å². The van der Waals surface area contributed by atoms with Crippen molar-refractivity contribution in [3.05, 3.63) is 53.2 Å². The zero-order valence-corrected chi connectivity index (χ0v) is 12.2. The van der Waals surface area contributed by atoms with Crippen molar-refractivity contribution in [3.63, 3.8) is 0 Å². The Morgan fingerprint density at radius 2 is 2.00 bits per heavy atom. The number of ether oxygens (including phenoxy) is 1. The Morgan fingerprint density at radius 1 is 1.15 bits per heavy atom. The Balaban J connectivity index is 2.24. The second kappa shape index (κ2) is 5.12. The summed E-state index contributed by atoms with van der Waals surface area (Å²) in [5, 5.41) is 1.20. The average Bonchev–Trinajstić information content (AvgIpc) is 2.49. The maximum atomic E-state index is 5.41. The number of rotatable bonds is 2. The Bertz CT molecular complexity index is 726. The van der Waals surface area contributed by atoms with Gasteiger partial charge in [0.1, 0.15) is 5.75 Å². The predicted octanol–water partition coefficient (Wildman–Crippen LogP) is 4.59. The summed E-state index contributed by atoms with van der Waals surface area (Å²) in [5.74, 6) is 0.898. The molecule has 1 heterocycles. The van der Waals surface area contributed by atoms with Crippen molar-refractivity contribution < 1.29 is 4.74 Å². The monoisotopic (exact) mass is 265 g/mol. The number of methoxy groups -OCH3 is 1. The zero-order chi connectivity index (χ0) is 14.1. The number of hydrogen-bond acceptors (Lipinski definition) is 2. The number of benzene rings is 1. The molecule has 1 aromatic heterocycles. The third-order valence-electron chi connectivity index (χ3n) is 3.90. The van der Waals surface area contributed by atoms with E-state index in [4.69, 9.17) is 9.72 Å². The van der Waals surface area contributed by atoms with Crippen LogP contribution in [-0.2, 0) is 0 Å². The second-order valence-electron chi connectivity index (χ2n) is 5.25. The highest BCUT2D eigenvalue weighted by Gasteiger charge is 2.11. The number of fused-ring (bicyclic) bond motifs is 1. The summed E-state index contributed by atoms with van der Waals surface area (Å²) in [6.07, 6.45) is 8.88. The molecule has 1 aliphatic rings. The molecule has 3 rings (SSSR count). The van der Waals surface area contributed by atoms with Gasteiger partial charge in [0.2, 0.25) is 0 Å². The van der Waals surface area contributed by atoms with Gasteiger partial charge < -0.3 is 4.74 Å². The lowest BCUT2D eigenvalue weighted by molar-refractivity contribution is 0.412. The summed E-state index contributed by atoms with van der Waals surface area (Å²) in [5.41, 5.74) is 5.69. The molecule has 20 heavy (non-hydrogen) atoms. The molecule has 2 heteroatoms. The molecule has 0 N–H and O–H groups in total. The van der Waals surface area contributed by atoms with Crippen molar-refractivity contribution in [1.82, 2.24) is 4.98 Å². The van der Waals surface area contributed by atoms with Crippen LogP contribution in [0, 0.1) is 13.8 Å². The standard InChI is InChI=1S/C18H19NO/c1-12-11-16(14-7-5-4-6-8-14)19-18-13(2)17(20-3)10-9-15(12)18/h5,7-11H,4,6H2,1-3H3. The highest BCUT2D eigenvalue weighted by atomic mass is 16.5. The first-order chi connectivity index (χ1) is 9.70. The van der Waals surface area contributed by atoms with E-state index in [2.05, 4.69) is 44.2 Å². The Labute approximate surface area is 119 Å². The maximum Gasteiger partial charge on any atom is 0.123 e. The molecule has 0 saturated carbocycles. The van der Waals surface area contributed by atoms with Crippen LogP contribution in [0.25, 0.3) is 16.5 Å². The fourth-order valence-corrected chi connectivity index (χ4v) is 2.75. The zero-order valence-electron chi connectivity index (χ0n) is 12.2. The number of allylic oxidation sites excluding steroid dienone is 4. The van der Waals surface area contributed by atoms with Crippen molar-refractivity contribution in [2.45, 2.75) is 26.7 Å². The van der Waals surface area contributed by atoms with Crippen LogP contribution in [0.4, 0.5) is 0 Å². The summed E-state index contributed by atoms with van der Waals surface area (Å²) in [4.78, 5) is 4.87. The van der Waals surface area contributed by atoms with E-state index in [-0.39, 0.29) is 0 Å². The van der Waals surface area contributed by atoms with Crippen molar-refractivity contribution >= 4 is 16.5 Å². The van der Waals surface area contributed by atoms with Crippen LogP contribution in [-0.4, -0.2) is 12.1 Å². The summed E-state index contributed by atoms with van der Waals surface area (Å²) in [6, 6.07) is 6.29. The van der Waals surface area contributed by atoms with Gasteiger partial charge in [-0.15, -0.1) is 0 Å². The molecule has 0 unspecified atom stereocenters. The fraction of sp³-hybridized carbons (Fsp3) is 0.278. The van der Waals surface area contributed by atoms with E-state index >= 15 is 0 Å². The first-order valence-corrected chi connectivity index (χ1v) is 7.02. The Kier molecular flexibility index (Phi) is 3.31. The molecule has 0 spiro atoms. The van der Waals surface area contributed by atoms with Crippen LogP contribution in [0.15, 0.2) is 36.4 Å². The van der Waals surface area contributed by atoms with Gasteiger partial charge in [0.25, 0.3) is 0 Å². The highest BCUT2D eigenvalue weighted by molar-refractivity contribution is 5.89. The van der Waals surface area contributed by atoms with E-state index in [0.717, 1.165) is 35.4 Å². The minimum Gasteiger partial charge on any atom is -0.496 e. The lowest BCUT2D eigenvalue weighted by Crippen LogP contribution is -1.96. The predicted molar refractivity (Wildman–Crippen MR) is 84.1 cm³/mol. The molecule has 0 atom stereocenters. The van der Waals surface area contributed by atoms with Crippen LogP contribution >= 0.6 is 0 Å². The minimum absolute atomic E-state index is 0.898. The highest BCUT2D eigenvalue weighted by Crippen LogP contribution is 2.30. The molecule has 102 valence electrons. The molecular weight excluding hydrogens is 246 g/mol.